The Bertz CT molecular complexity index is 1260. The van der Waals surface area contributed by atoms with Gasteiger partial charge in [0.15, 0.2) is 23.0 Å². The highest BCUT2D eigenvalue weighted by Gasteiger charge is 2.67. The van der Waals surface area contributed by atoms with Crippen molar-refractivity contribution in [3.63, 3.8) is 0 Å². The normalized spacial score (nSPS) is 35.9. The average molecular weight is 515 g/mol. The van der Waals surface area contributed by atoms with Crippen LogP contribution in [0.25, 0.3) is 0 Å². The first-order valence-electron chi connectivity index (χ1n) is 12.5. The predicted molar refractivity (Wildman–Crippen MR) is 129 cm³/mol. The zero-order valence-corrected chi connectivity index (χ0v) is 21.0. The molecule has 37 heavy (non-hydrogen) atoms. The van der Waals surface area contributed by atoms with Crippen molar-refractivity contribution in [2.45, 2.75) is 43.4 Å². The van der Waals surface area contributed by atoms with Gasteiger partial charge in [-0.05, 0) is 65.4 Å². The molecule has 1 amide bonds. The highest BCUT2D eigenvalue weighted by atomic mass is 19.1. The van der Waals surface area contributed by atoms with Gasteiger partial charge in [0.1, 0.15) is 17.5 Å². The number of hydrogen-bond acceptors (Lipinski definition) is 9. The number of nitrogens with one attached hydrogen (secondary N) is 1. The highest BCUT2D eigenvalue weighted by Crippen LogP contribution is 2.51. The van der Waals surface area contributed by atoms with Crippen molar-refractivity contribution in [3.05, 3.63) is 28.6 Å². The third kappa shape index (κ3) is 3.37. The van der Waals surface area contributed by atoms with Crippen LogP contribution in [0.3, 0.4) is 0 Å². The molecule has 5 N–H and O–H groups in total. The number of amides is 1. The Labute approximate surface area is 213 Å². The zero-order valence-electron chi connectivity index (χ0n) is 21.0. The Hall–Kier alpha value is -3.02. The molecule has 0 bridgehead atoms. The maximum Gasteiger partial charge on any atom is 0.233 e. The van der Waals surface area contributed by atoms with E-state index in [1.807, 2.05) is 11.9 Å². The average Bonchev–Trinajstić information content (AvgIpc) is 3.23. The molecule has 2 saturated carbocycles. The standard InChI is InChI=1S/C26H31FN4O6/c1-30(2)20-13-8-10-7-12-17(15(32)9-11(19(12)27)14-5-4-6-31(14)3)21(33)16(10)24(35)26(13,37)23(28)18(22(20)34)25(29)36/h9-10,13-14,16,18,20,28,32,37H,4-8H2,1-3H3,(H2,29,36). The van der Waals surface area contributed by atoms with Crippen LogP contribution in [0.1, 0.15) is 46.8 Å². The number of fused-ring (bicyclic) bond motifs is 3. The van der Waals surface area contributed by atoms with E-state index in [1.165, 1.54) is 11.0 Å². The Balaban J connectivity index is 1.62. The first-order valence-corrected chi connectivity index (χ1v) is 12.5. The molecule has 10 nitrogen and oxygen atoms in total. The van der Waals surface area contributed by atoms with Gasteiger partial charge in [-0.25, -0.2) is 4.39 Å². The van der Waals surface area contributed by atoms with E-state index in [2.05, 4.69) is 0 Å². The van der Waals surface area contributed by atoms with E-state index in [9.17, 15) is 29.4 Å². The molecule has 5 rings (SSSR count). The summed E-state index contributed by atoms with van der Waals surface area (Å²) in [5.41, 5.74) is 2.03. The van der Waals surface area contributed by atoms with Crippen LogP contribution in [0, 0.1) is 34.9 Å². The van der Waals surface area contributed by atoms with Crippen molar-refractivity contribution in [3.8, 4) is 5.75 Å². The number of ketones is 3. The Morgan fingerprint density at radius 1 is 1.30 bits per heavy atom. The van der Waals surface area contributed by atoms with Crippen LogP contribution in [-0.2, 0) is 20.8 Å². The number of nitrogens with two attached hydrogens (primary N) is 1. The van der Waals surface area contributed by atoms with Crippen molar-refractivity contribution in [1.29, 1.82) is 5.41 Å². The minimum absolute atomic E-state index is 0.0334. The fraction of sp³-hybridized carbons (Fsp3) is 0.577. The molecule has 198 valence electrons. The maximum atomic E-state index is 15.9. The molecule has 1 aromatic carbocycles. The van der Waals surface area contributed by atoms with Gasteiger partial charge >= 0.3 is 0 Å². The first kappa shape index (κ1) is 25.6. The molecule has 1 saturated heterocycles. The number of benzene rings is 1. The fourth-order valence-electron chi connectivity index (χ4n) is 7.27. The predicted octanol–water partition coefficient (Wildman–Crippen LogP) is 0.223. The quantitative estimate of drug-likeness (QED) is 0.416. The number of hydrogen-bond donors (Lipinski definition) is 4. The van der Waals surface area contributed by atoms with Crippen molar-refractivity contribution >= 4 is 29.0 Å². The number of carbonyl (C=O) groups excluding carboxylic acids is 4. The number of aromatic hydroxyl groups is 1. The number of phenolic OH excluding ortho intramolecular Hbond substituents is 1. The second-order valence-corrected chi connectivity index (χ2v) is 11.1. The van der Waals surface area contributed by atoms with Gasteiger partial charge in [-0.15, -0.1) is 0 Å². The fourth-order valence-corrected chi connectivity index (χ4v) is 7.27. The number of primary amides is 1. The maximum absolute atomic E-state index is 15.9. The lowest BCUT2D eigenvalue weighted by molar-refractivity contribution is -0.157. The molecular weight excluding hydrogens is 483 g/mol. The number of carbonyl (C=O) groups is 4. The van der Waals surface area contributed by atoms with Gasteiger partial charge in [0, 0.05) is 23.1 Å². The summed E-state index contributed by atoms with van der Waals surface area (Å²) in [5, 5.41) is 31.0. The number of rotatable bonds is 3. The molecule has 11 heteroatoms. The van der Waals surface area contributed by atoms with E-state index >= 15 is 4.39 Å². The molecule has 7 unspecified atom stereocenters. The van der Waals surface area contributed by atoms with Crippen molar-refractivity contribution in [1.82, 2.24) is 9.80 Å². The molecule has 3 fully saturated rings. The van der Waals surface area contributed by atoms with E-state index in [0.717, 1.165) is 13.0 Å². The van der Waals surface area contributed by atoms with Crippen LogP contribution in [0.4, 0.5) is 4.39 Å². The first-order chi connectivity index (χ1) is 17.3. The van der Waals surface area contributed by atoms with E-state index in [1.54, 1.807) is 14.1 Å². The van der Waals surface area contributed by atoms with Crippen molar-refractivity contribution in [2.24, 2.45) is 29.4 Å². The number of likely N-dealkylation sites (N-methyl/N-ethyl adjacent to an activating group) is 1. The van der Waals surface area contributed by atoms with E-state index in [0.29, 0.717) is 12.0 Å². The Morgan fingerprint density at radius 2 is 1.97 bits per heavy atom. The molecule has 0 spiro atoms. The number of nitrogens with zero attached hydrogens (tertiary/aromatic N) is 2. The molecule has 0 aromatic heterocycles. The minimum atomic E-state index is -2.57. The number of phenols is 1. The molecule has 7 atom stereocenters. The molecule has 1 aliphatic heterocycles. The molecule has 0 radical (unpaired) electrons. The van der Waals surface area contributed by atoms with Crippen molar-refractivity contribution < 1.29 is 33.8 Å². The van der Waals surface area contributed by atoms with Crippen LogP contribution in [0.15, 0.2) is 6.07 Å². The number of likely N-dealkylation sites (tertiary alicyclic amines) is 1. The second-order valence-electron chi connectivity index (χ2n) is 11.1. The highest BCUT2D eigenvalue weighted by molar-refractivity contribution is 6.33. The summed E-state index contributed by atoms with van der Waals surface area (Å²) < 4.78 is 15.9. The Kier molecular flexibility index (Phi) is 5.89. The summed E-state index contributed by atoms with van der Waals surface area (Å²) >= 11 is 0. The molecular formula is C26H31FN4O6. The van der Waals surface area contributed by atoms with E-state index in [-0.39, 0.29) is 30.0 Å². The van der Waals surface area contributed by atoms with Gasteiger partial charge < -0.3 is 21.4 Å². The van der Waals surface area contributed by atoms with E-state index < -0.39 is 75.8 Å². The second kappa shape index (κ2) is 8.50. The summed E-state index contributed by atoms with van der Waals surface area (Å²) in [6.07, 6.45) is 1.49. The lowest BCUT2D eigenvalue weighted by atomic mass is 9.52. The smallest absolute Gasteiger partial charge is 0.233 e. The zero-order chi connectivity index (χ0) is 27.1. The van der Waals surface area contributed by atoms with Crippen LogP contribution in [-0.4, -0.2) is 88.3 Å². The monoisotopic (exact) mass is 514 g/mol. The van der Waals surface area contributed by atoms with Gasteiger partial charge in [0.2, 0.25) is 5.91 Å². The molecule has 3 aliphatic carbocycles. The summed E-state index contributed by atoms with van der Waals surface area (Å²) in [7, 11) is 4.97. The molecule has 1 heterocycles. The third-order valence-electron chi connectivity index (χ3n) is 8.96. The van der Waals surface area contributed by atoms with Gasteiger partial charge in [-0.3, -0.25) is 29.0 Å². The van der Waals surface area contributed by atoms with Crippen LogP contribution in [0.5, 0.6) is 5.75 Å². The third-order valence-corrected chi connectivity index (χ3v) is 8.96. The van der Waals surface area contributed by atoms with Crippen molar-refractivity contribution in [2.75, 3.05) is 27.7 Å². The SMILES string of the molecule is CN(C)C1C(=O)C(C(N)=O)C(=N)C2(O)C(=O)C3C(=O)c4c(O)cc(C5CCCN5C)c(F)c4CC3CC12. The largest absolute Gasteiger partial charge is 0.507 e. The lowest BCUT2D eigenvalue weighted by Crippen LogP contribution is -2.73. The number of aliphatic hydroxyl groups is 1. The van der Waals surface area contributed by atoms with Crippen LogP contribution >= 0.6 is 0 Å². The lowest BCUT2D eigenvalue weighted by Gasteiger charge is -2.53. The topological polar surface area (TPSA) is 165 Å². The van der Waals surface area contributed by atoms with Gasteiger partial charge in [-0.2, -0.15) is 0 Å². The van der Waals surface area contributed by atoms with Crippen LogP contribution < -0.4 is 5.73 Å². The van der Waals surface area contributed by atoms with Gasteiger partial charge in [-0.1, -0.05) is 0 Å². The summed E-state index contributed by atoms with van der Waals surface area (Å²) in [6.45, 7) is 0.776. The summed E-state index contributed by atoms with van der Waals surface area (Å²) in [5.74, 6) is -9.84. The van der Waals surface area contributed by atoms with Crippen LogP contribution in [0.2, 0.25) is 0 Å². The molecule has 4 aliphatic rings. The van der Waals surface area contributed by atoms with Gasteiger partial charge in [0.25, 0.3) is 0 Å². The number of Topliss-reactive ketones (excluding diaryl/α,β-unsaturated/α-hetero) is 3. The minimum Gasteiger partial charge on any atom is -0.507 e. The summed E-state index contributed by atoms with van der Waals surface area (Å²) in [6, 6.07) is -0.118. The van der Waals surface area contributed by atoms with E-state index in [4.69, 9.17) is 11.1 Å². The molecule has 1 aromatic rings. The van der Waals surface area contributed by atoms with Gasteiger partial charge in [0.05, 0.1) is 23.2 Å². The Morgan fingerprint density at radius 3 is 2.54 bits per heavy atom. The number of halogens is 1. The summed E-state index contributed by atoms with van der Waals surface area (Å²) in [4.78, 5) is 56.2.